The Morgan fingerprint density at radius 2 is 1.56 bits per heavy atom. The highest BCUT2D eigenvalue weighted by molar-refractivity contribution is 6.04. The lowest BCUT2D eigenvalue weighted by Gasteiger charge is -2.15. The van der Waals surface area contributed by atoms with Gasteiger partial charge in [0.2, 0.25) is 0 Å². The summed E-state index contributed by atoms with van der Waals surface area (Å²) in [5.41, 5.74) is 3.17. The number of phenols is 1. The van der Waals surface area contributed by atoms with E-state index in [1.165, 1.54) is 14.0 Å². The molecule has 0 fully saturated rings. The van der Waals surface area contributed by atoms with Crippen molar-refractivity contribution < 1.29 is 29.0 Å². The van der Waals surface area contributed by atoms with E-state index in [2.05, 4.69) is 10.1 Å². The van der Waals surface area contributed by atoms with Gasteiger partial charge in [-0.1, -0.05) is 25.5 Å². The predicted molar refractivity (Wildman–Crippen MR) is 129 cm³/mol. The molecule has 7 heteroatoms. The number of carbonyl (C=O) groups excluding carboxylic acids is 3. The Balaban J connectivity index is 1.65. The number of ether oxygens (including phenoxy) is 2. The quantitative estimate of drug-likeness (QED) is 0.337. The highest BCUT2D eigenvalue weighted by Crippen LogP contribution is 2.33. The summed E-state index contributed by atoms with van der Waals surface area (Å²) < 4.78 is 10.6. The fourth-order valence-electron chi connectivity index (χ4n) is 3.45. The summed E-state index contributed by atoms with van der Waals surface area (Å²) in [7, 11) is 1.31. The zero-order valence-corrected chi connectivity index (χ0v) is 19.4. The van der Waals surface area contributed by atoms with Crippen molar-refractivity contribution in [2.45, 2.75) is 33.3 Å². The third-order valence-electron chi connectivity index (χ3n) is 5.29. The van der Waals surface area contributed by atoms with Crippen molar-refractivity contribution >= 4 is 23.3 Å². The molecule has 3 aromatic rings. The van der Waals surface area contributed by atoms with Gasteiger partial charge in [-0.3, -0.25) is 9.59 Å². The first kappa shape index (κ1) is 24.5. The monoisotopic (exact) mass is 461 g/mol. The summed E-state index contributed by atoms with van der Waals surface area (Å²) in [6, 6.07) is 16.7. The van der Waals surface area contributed by atoms with Crippen LogP contribution in [0.1, 0.15) is 62.5 Å². The van der Waals surface area contributed by atoms with Crippen LogP contribution in [0.4, 0.5) is 5.69 Å². The molecule has 0 aliphatic heterocycles. The molecule has 0 aromatic heterocycles. The number of aromatic hydroxyl groups is 1. The van der Waals surface area contributed by atoms with Crippen molar-refractivity contribution in [3.63, 3.8) is 0 Å². The smallest absolute Gasteiger partial charge is 0.337 e. The highest BCUT2D eigenvalue weighted by Gasteiger charge is 2.16. The van der Waals surface area contributed by atoms with Crippen molar-refractivity contribution in [1.29, 1.82) is 0 Å². The molecule has 0 unspecified atom stereocenters. The number of nitrogens with one attached hydrogen (secondary N) is 1. The molecule has 1 amide bonds. The second-order valence-electron chi connectivity index (χ2n) is 7.75. The van der Waals surface area contributed by atoms with Gasteiger partial charge in [-0.15, -0.1) is 0 Å². The van der Waals surface area contributed by atoms with Gasteiger partial charge in [0.05, 0.1) is 18.2 Å². The van der Waals surface area contributed by atoms with E-state index in [-0.39, 0.29) is 29.6 Å². The summed E-state index contributed by atoms with van der Waals surface area (Å²) in [4.78, 5) is 35.8. The number of carbonyl (C=O) groups is 3. The average Bonchev–Trinajstić information content (AvgIpc) is 2.84. The predicted octanol–water partition coefficient (Wildman–Crippen LogP) is 5.17. The molecule has 0 saturated heterocycles. The number of anilines is 1. The lowest BCUT2D eigenvalue weighted by molar-refractivity contribution is 0.0600. The zero-order valence-electron chi connectivity index (χ0n) is 19.4. The van der Waals surface area contributed by atoms with Crippen LogP contribution in [0.15, 0.2) is 60.7 Å². The normalized spacial score (nSPS) is 10.4. The second-order valence-corrected chi connectivity index (χ2v) is 7.75. The largest absolute Gasteiger partial charge is 0.507 e. The van der Waals surface area contributed by atoms with Crippen molar-refractivity contribution in [2.24, 2.45) is 0 Å². The number of benzene rings is 3. The Labute approximate surface area is 198 Å². The van der Waals surface area contributed by atoms with Crippen LogP contribution in [0.25, 0.3) is 0 Å². The van der Waals surface area contributed by atoms with Crippen molar-refractivity contribution in [3.8, 4) is 11.5 Å². The van der Waals surface area contributed by atoms with Gasteiger partial charge in [0, 0.05) is 16.8 Å². The minimum atomic E-state index is -0.442. The van der Waals surface area contributed by atoms with E-state index in [1.54, 1.807) is 60.7 Å². The SMILES string of the molecule is CCCc1c(OCc2ccc(C(=O)Nc3ccc(C(=O)OC)cc3)cc2)ccc(C(C)=O)c1O. The highest BCUT2D eigenvalue weighted by atomic mass is 16.5. The number of hydrogen-bond acceptors (Lipinski definition) is 6. The molecule has 3 aromatic carbocycles. The summed E-state index contributed by atoms with van der Waals surface area (Å²) in [5.74, 6) is -0.425. The molecule has 0 atom stereocenters. The lowest BCUT2D eigenvalue weighted by Crippen LogP contribution is -2.12. The second kappa shape index (κ2) is 11.1. The third-order valence-corrected chi connectivity index (χ3v) is 5.29. The average molecular weight is 462 g/mol. The Morgan fingerprint density at radius 1 is 0.912 bits per heavy atom. The molecule has 0 spiro atoms. The molecule has 0 saturated carbocycles. The van der Waals surface area contributed by atoms with Crippen molar-refractivity contribution in [2.75, 3.05) is 12.4 Å². The van der Waals surface area contributed by atoms with Crippen molar-refractivity contribution in [3.05, 3.63) is 88.5 Å². The van der Waals surface area contributed by atoms with Crippen LogP contribution in [0, 0.1) is 0 Å². The number of amides is 1. The van der Waals surface area contributed by atoms with Gasteiger partial charge < -0.3 is 19.9 Å². The minimum Gasteiger partial charge on any atom is -0.507 e. The summed E-state index contributed by atoms with van der Waals surface area (Å²) >= 11 is 0. The van der Waals surface area contributed by atoms with Crippen LogP contribution in [0.5, 0.6) is 11.5 Å². The van der Waals surface area contributed by atoms with Gasteiger partial charge in [0.1, 0.15) is 18.1 Å². The number of rotatable bonds is 9. The van der Waals surface area contributed by atoms with Crippen LogP contribution >= 0.6 is 0 Å². The number of esters is 1. The van der Waals surface area contributed by atoms with E-state index in [0.717, 1.165) is 12.0 Å². The maximum absolute atomic E-state index is 12.5. The molecule has 0 radical (unpaired) electrons. The lowest BCUT2D eigenvalue weighted by atomic mass is 10.0. The summed E-state index contributed by atoms with van der Waals surface area (Å²) in [6.07, 6.45) is 1.38. The van der Waals surface area contributed by atoms with Gasteiger partial charge in [0.15, 0.2) is 5.78 Å². The molecule has 0 aliphatic rings. The molecule has 0 heterocycles. The summed E-state index contributed by atoms with van der Waals surface area (Å²) in [5, 5.41) is 13.3. The van der Waals surface area contributed by atoms with Gasteiger partial charge in [-0.25, -0.2) is 4.79 Å². The molecular formula is C27H27NO6. The number of hydrogen-bond donors (Lipinski definition) is 2. The fourth-order valence-corrected chi connectivity index (χ4v) is 3.45. The minimum absolute atomic E-state index is 0.0292. The van der Waals surface area contributed by atoms with E-state index >= 15 is 0 Å². The first-order valence-corrected chi connectivity index (χ1v) is 10.9. The Morgan fingerprint density at radius 3 is 2.15 bits per heavy atom. The number of methoxy groups -OCH3 is 1. The molecule has 2 N–H and O–H groups in total. The maximum Gasteiger partial charge on any atom is 0.337 e. The van der Waals surface area contributed by atoms with E-state index in [9.17, 15) is 19.5 Å². The van der Waals surface area contributed by atoms with Gasteiger partial charge in [-0.2, -0.15) is 0 Å². The molecule has 34 heavy (non-hydrogen) atoms. The number of ketones is 1. The van der Waals surface area contributed by atoms with E-state index in [0.29, 0.717) is 34.5 Å². The zero-order chi connectivity index (χ0) is 24.7. The van der Waals surface area contributed by atoms with Crippen LogP contribution in [-0.2, 0) is 17.8 Å². The third kappa shape index (κ3) is 5.81. The first-order chi connectivity index (χ1) is 16.3. The molecule has 176 valence electrons. The fraction of sp³-hybridized carbons (Fsp3) is 0.222. The Kier molecular flexibility index (Phi) is 8.03. The molecule has 0 bridgehead atoms. The first-order valence-electron chi connectivity index (χ1n) is 10.9. The van der Waals surface area contributed by atoms with Crippen LogP contribution in [0.2, 0.25) is 0 Å². The number of phenolic OH excluding ortho intramolecular Hbond substituents is 1. The van der Waals surface area contributed by atoms with Crippen LogP contribution in [0.3, 0.4) is 0 Å². The molecule has 7 nitrogen and oxygen atoms in total. The molecule has 0 aliphatic carbocycles. The Bertz CT molecular complexity index is 1180. The summed E-state index contributed by atoms with van der Waals surface area (Å²) in [6.45, 7) is 3.65. The van der Waals surface area contributed by atoms with E-state index < -0.39 is 5.97 Å². The van der Waals surface area contributed by atoms with Crippen molar-refractivity contribution in [1.82, 2.24) is 0 Å². The van der Waals surface area contributed by atoms with E-state index in [4.69, 9.17) is 4.74 Å². The van der Waals surface area contributed by atoms with E-state index in [1.807, 2.05) is 6.92 Å². The molecular weight excluding hydrogens is 434 g/mol. The van der Waals surface area contributed by atoms with Gasteiger partial charge in [-0.05, 0) is 67.4 Å². The van der Waals surface area contributed by atoms with Gasteiger partial charge in [0.25, 0.3) is 5.91 Å². The topological polar surface area (TPSA) is 102 Å². The van der Waals surface area contributed by atoms with Gasteiger partial charge >= 0.3 is 5.97 Å². The Hall–Kier alpha value is -4.13. The maximum atomic E-state index is 12.5. The standard InChI is InChI=1S/C27H27NO6/c1-4-5-23-24(15-14-22(17(2)29)25(23)30)34-16-18-6-8-19(9-7-18)26(31)28-21-12-10-20(11-13-21)27(32)33-3/h6-15,30H,4-5,16H2,1-3H3,(H,28,31). The van der Waals surface area contributed by atoms with Crippen LogP contribution < -0.4 is 10.1 Å². The van der Waals surface area contributed by atoms with Crippen LogP contribution in [-0.4, -0.2) is 29.9 Å². The molecule has 3 rings (SSSR count). The number of Topliss-reactive ketones (excluding diaryl/α,β-unsaturated/α-hetero) is 1.